The maximum Gasteiger partial charge on any atom is 0.230 e. The number of fused-ring (bicyclic) bond motifs is 3. The number of halogens is 2. The summed E-state index contributed by atoms with van der Waals surface area (Å²) in [5.41, 5.74) is 5.31. The number of rotatable bonds is 6. The third-order valence-corrected chi connectivity index (χ3v) is 5.92. The van der Waals surface area contributed by atoms with Crippen molar-refractivity contribution in [1.29, 1.82) is 0 Å². The molecule has 4 aromatic rings. The average molecular weight is 482 g/mol. The number of benzene rings is 3. The molecule has 0 saturated heterocycles. The third-order valence-electron chi connectivity index (χ3n) is 5.92. The van der Waals surface area contributed by atoms with Crippen LogP contribution < -0.4 is 5.32 Å². The fraction of sp³-hybridized carbons (Fsp3) is 0.107. The van der Waals surface area contributed by atoms with Gasteiger partial charge in [0.05, 0.1) is 17.8 Å². The van der Waals surface area contributed by atoms with E-state index in [-0.39, 0.29) is 12.2 Å². The van der Waals surface area contributed by atoms with Crippen LogP contribution in [0.1, 0.15) is 28.1 Å². The molecule has 1 aliphatic rings. The lowest BCUT2D eigenvalue weighted by molar-refractivity contribution is -0.115. The molecule has 1 aliphatic carbocycles. The zero-order valence-corrected chi connectivity index (χ0v) is 19.0. The van der Waals surface area contributed by atoms with Gasteiger partial charge < -0.3 is 5.32 Å². The normalized spacial score (nSPS) is 12.2. The Kier molecular flexibility index (Phi) is 6.40. The van der Waals surface area contributed by atoms with Crippen LogP contribution in [0, 0.1) is 16.5 Å². The summed E-state index contributed by atoms with van der Waals surface area (Å²) < 4.78 is 26.8. The third kappa shape index (κ3) is 4.93. The molecular weight excluding hydrogens is 462 g/mol. The van der Waals surface area contributed by atoms with E-state index >= 15 is 0 Å². The van der Waals surface area contributed by atoms with Gasteiger partial charge in [0, 0.05) is 5.56 Å². The van der Waals surface area contributed by atoms with Gasteiger partial charge in [0.2, 0.25) is 5.91 Å². The summed E-state index contributed by atoms with van der Waals surface area (Å²) in [6.07, 6.45) is 4.71. The van der Waals surface area contributed by atoms with E-state index in [1.807, 2.05) is 42.5 Å². The molecular formula is C28H20F2N4O2. The smallest absolute Gasteiger partial charge is 0.230 e. The van der Waals surface area contributed by atoms with Gasteiger partial charge in [-0.3, -0.25) is 4.79 Å². The zero-order valence-electron chi connectivity index (χ0n) is 19.0. The Morgan fingerprint density at radius 3 is 2.56 bits per heavy atom. The molecule has 0 aliphatic heterocycles. The van der Waals surface area contributed by atoms with Gasteiger partial charge in [-0.2, -0.15) is 0 Å². The second-order valence-electron chi connectivity index (χ2n) is 8.40. The van der Waals surface area contributed by atoms with Gasteiger partial charge in [-0.1, -0.05) is 48.5 Å². The first-order chi connectivity index (χ1) is 17.5. The molecule has 1 aromatic heterocycles. The molecule has 5 rings (SSSR count). The summed E-state index contributed by atoms with van der Waals surface area (Å²) in [5, 5.41) is 5.80. The van der Waals surface area contributed by atoms with Crippen molar-refractivity contribution < 1.29 is 13.6 Å². The van der Waals surface area contributed by atoms with Crippen molar-refractivity contribution >= 4 is 29.6 Å². The summed E-state index contributed by atoms with van der Waals surface area (Å²) in [6, 6.07) is 18.2. The Morgan fingerprint density at radius 2 is 1.78 bits per heavy atom. The lowest BCUT2D eigenvalue weighted by Crippen LogP contribution is -2.19. The first kappa shape index (κ1) is 23.2. The van der Waals surface area contributed by atoms with Gasteiger partial charge in [0.25, 0.3) is 0 Å². The highest BCUT2D eigenvalue weighted by atomic mass is 19.2. The number of carbonyl (C=O) groups excluding carboxylic acids is 1. The first-order valence-electron chi connectivity index (χ1n) is 11.3. The quantitative estimate of drug-likeness (QED) is 0.328. The molecule has 1 N–H and O–H groups in total. The summed E-state index contributed by atoms with van der Waals surface area (Å²) in [5.74, 6) is -2.12. The average Bonchev–Trinajstić information content (AvgIpc) is 2.89. The first-order valence-corrected chi connectivity index (χ1v) is 11.3. The number of hydrogen-bond acceptors (Lipinski definition) is 5. The van der Waals surface area contributed by atoms with Crippen LogP contribution in [0.15, 0.2) is 71.9 Å². The molecule has 0 bridgehead atoms. The van der Waals surface area contributed by atoms with Crippen LogP contribution in [0.2, 0.25) is 0 Å². The van der Waals surface area contributed by atoms with Gasteiger partial charge in [0.1, 0.15) is 11.4 Å². The molecule has 0 fully saturated rings. The van der Waals surface area contributed by atoms with Gasteiger partial charge in [-0.25, -0.2) is 18.7 Å². The van der Waals surface area contributed by atoms with E-state index in [4.69, 9.17) is 9.97 Å². The van der Waals surface area contributed by atoms with Gasteiger partial charge in [0.15, 0.2) is 17.5 Å². The highest BCUT2D eigenvalue weighted by Gasteiger charge is 2.22. The van der Waals surface area contributed by atoms with Crippen LogP contribution in [0.25, 0.3) is 23.4 Å². The fourth-order valence-electron chi connectivity index (χ4n) is 4.16. The van der Waals surface area contributed by atoms with E-state index in [9.17, 15) is 18.5 Å². The van der Waals surface area contributed by atoms with Crippen molar-refractivity contribution in [1.82, 2.24) is 9.97 Å². The largest absolute Gasteiger partial charge is 0.309 e. The van der Waals surface area contributed by atoms with Crippen LogP contribution in [0.3, 0.4) is 0 Å². The predicted octanol–water partition coefficient (Wildman–Crippen LogP) is 6.27. The van der Waals surface area contributed by atoms with Gasteiger partial charge >= 0.3 is 0 Å². The van der Waals surface area contributed by atoms with Crippen molar-refractivity contribution in [3.05, 3.63) is 111 Å². The van der Waals surface area contributed by atoms with Crippen LogP contribution in [-0.2, 0) is 24.1 Å². The monoisotopic (exact) mass is 482 g/mol. The molecule has 6 nitrogen and oxygen atoms in total. The van der Waals surface area contributed by atoms with Crippen LogP contribution >= 0.6 is 0 Å². The molecule has 0 saturated carbocycles. The summed E-state index contributed by atoms with van der Waals surface area (Å²) in [6.45, 7) is 0. The number of hydrogen-bond donors (Lipinski definition) is 1. The minimum Gasteiger partial charge on any atom is -0.309 e. The van der Waals surface area contributed by atoms with E-state index < -0.39 is 17.5 Å². The van der Waals surface area contributed by atoms with Gasteiger partial charge in [-0.05, 0) is 65.1 Å². The Bertz CT molecular complexity index is 1500. The molecule has 1 heterocycles. The molecule has 3 aromatic carbocycles. The minimum atomic E-state index is -1.01. The Hall–Kier alpha value is -4.59. The van der Waals surface area contributed by atoms with E-state index in [2.05, 4.69) is 10.5 Å². The van der Waals surface area contributed by atoms with E-state index in [1.54, 1.807) is 18.2 Å². The molecule has 0 radical (unpaired) electrons. The number of nitrogens with one attached hydrogen (secondary N) is 1. The lowest BCUT2D eigenvalue weighted by atomic mass is 9.91. The number of anilines is 1. The van der Waals surface area contributed by atoms with Gasteiger partial charge in [-0.15, -0.1) is 4.91 Å². The van der Waals surface area contributed by atoms with Crippen molar-refractivity contribution in [2.45, 2.75) is 19.3 Å². The second kappa shape index (κ2) is 9.95. The highest BCUT2D eigenvalue weighted by molar-refractivity contribution is 5.94. The maximum atomic E-state index is 13.6. The van der Waals surface area contributed by atoms with Crippen molar-refractivity contribution in [2.24, 2.45) is 5.18 Å². The highest BCUT2D eigenvalue weighted by Crippen LogP contribution is 2.35. The summed E-state index contributed by atoms with van der Waals surface area (Å²) >= 11 is 0. The van der Waals surface area contributed by atoms with Crippen molar-refractivity contribution in [2.75, 3.05) is 5.32 Å². The predicted molar refractivity (Wildman–Crippen MR) is 134 cm³/mol. The zero-order chi connectivity index (χ0) is 25.1. The molecule has 0 atom stereocenters. The standard InChI is InChI=1S/C28H20F2N4O2/c29-22-11-6-18(14-23(22)30)15-26(35)33-28-25(12-7-17-4-2-1-3-5-17)31-27-21-10-9-20(34-36)16-19(21)8-13-24(27)32-28/h1-7,9-12,14,16H,8,13,15H2,(H,32,33,35)/b12-7+. The topological polar surface area (TPSA) is 84.3 Å². The number of nitroso groups, excluding NO2 is 1. The van der Waals surface area contributed by atoms with Crippen molar-refractivity contribution in [3.8, 4) is 11.3 Å². The van der Waals surface area contributed by atoms with E-state index in [1.165, 1.54) is 6.07 Å². The molecule has 0 unspecified atom stereocenters. The Balaban J connectivity index is 1.51. The van der Waals surface area contributed by atoms with Crippen LogP contribution in [0.5, 0.6) is 0 Å². The number of carbonyl (C=O) groups is 1. The number of nitrogens with zero attached hydrogens (tertiary/aromatic N) is 3. The Labute approximate surface area is 205 Å². The Morgan fingerprint density at radius 1 is 0.944 bits per heavy atom. The number of amides is 1. The molecule has 1 amide bonds. The fourth-order valence-corrected chi connectivity index (χ4v) is 4.16. The lowest BCUT2D eigenvalue weighted by Gasteiger charge is -2.20. The summed E-state index contributed by atoms with van der Waals surface area (Å²) in [4.78, 5) is 33.3. The SMILES string of the molecule is O=Nc1ccc2c(c1)CCc1nc(NC(=O)Cc3ccc(F)c(F)c3)c(/C=C/c3ccccc3)nc1-2. The molecule has 178 valence electrons. The maximum absolute atomic E-state index is 13.6. The van der Waals surface area contributed by atoms with E-state index in [0.717, 1.165) is 28.8 Å². The number of aromatic nitrogens is 2. The second-order valence-corrected chi connectivity index (χ2v) is 8.40. The van der Waals surface area contributed by atoms with Crippen molar-refractivity contribution in [3.63, 3.8) is 0 Å². The summed E-state index contributed by atoms with van der Waals surface area (Å²) in [7, 11) is 0. The minimum absolute atomic E-state index is 0.151. The molecule has 8 heteroatoms. The van der Waals surface area contributed by atoms with E-state index in [0.29, 0.717) is 41.2 Å². The number of aryl methyl sites for hydroxylation is 2. The molecule has 36 heavy (non-hydrogen) atoms. The van der Waals surface area contributed by atoms with Crippen LogP contribution in [-0.4, -0.2) is 15.9 Å². The van der Waals surface area contributed by atoms with Crippen LogP contribution in [0.4, 0.5) is 20.3 Å². The molecule has 0 spiro atoms.